The summed E-state index contributed by atoms with van der Waals surface area (Å²) in [6.07, 6.45) is 3.00. The van der Waals surface area contributed by atoms with E-state index < -0.39 is 5.92 Å². The maximum atomic E-state index is 13.1. The Labute approximate surface area is 185 Å². The summed E-state index contributed by atoms with van der Waals surface area (Å²) < 4.78 is 5.18. The van der Waals surface area contributed by atoms with Gasteiger partial charge in [-0.2, -0.15) is 11.8 Å². The van der Waals surface area contributed by atoms with Crippen molar-refractivity contribution in [3.8, 4) is 5.75 Å². The minimum absolute atomic E-state index is 0.0466. The van der Waals surface area contributed by atoms with Gasteiger partial charge in [-0.3, -0.25) is 9.59 Å². The van der Waals surface area contributed by atoms with Crippen molar-refractivity contribution in [2.75, 3.05) is 30.6 Å². The lowest BCUT2D eigenvalue weighted by molar-refractivity contribution is -0.127. The highest BCUT2D eigenvalue weighted by Gasteiger charge is 2.36. The third kappa shape index (κ3) is 4.69. The minimum Gasteiger partial charge on any atom is -0.497 e. The molecule has 31 heavy (non-hydrogen) atoms. The molecule has 2 N–H and O–H groups in total. The number of hydrogen-bond donors (Lipinski definition) is 2. The van der Waals surface area contributed by atoms with Gasteiger partial charge in [-0.05, 0) is 54.8 Å². The fourth-order valence-corrected chi connectivity index (χ4v) is 4.31. The number of fused-ring (bicyclic) bond motifs is 1. The van der Waals surface area contributed by atoms with Gasteiger partial charge in [0.05, 0.1) is 30.1 Å². The molecule has 2 heterocycles. The number of ether oxygens (including phenoxy) is 1. The Kier molecular flexibility index (Phi) is 6.46. The number of para-hydroxylation sites is 2. The van der Waals surface area contributed by atoms with Crippen molar-refractivity contribution in [2.24, 2.45) is 5.92 Å². The maximum Gasteiger partial charge on any atom is 0.227 e. The SMILES string of the molecule is COc1ccc(N2CC(C(=O)NC(CCSC)c3nc4ccccc4[nH]3)CC2=O)cc1. The van der Waals surface area contributed by atoms with Crippen LogP contribution >= 0.6 is 11.8 Å². The number of anilines is 1. The molecule has 1 aromatic heterocycles. The highest BCUT2D eigenvalue weighted by molar-refractivity contribution is 7.98. The zero-order chi connectivity index (χ0) is 21.8. The quantitative estimate of drug-likeness (QED) is 0.562. The lowest BCUT2D eigenvalue weighted by atomic mass is 10.1. The van der Waals surface area contributed by atoms with Gasteiger partial charge < -0.3 is 19.9 Å². The number of thioether (sulfide) groups is 1. The van der Waals surface area contributed by atoms with Gasteiger partial charge in [-0.15, -0.1) is 0 Å². The molecule has 3 aromatic rings. The van der Waals surface area contributed by atoms with Crippen LogP contribution in [0.25, 0.3) is 11.0 Å². The molecule has 1 aliphatic heterocycles. The van der Waals surface area contributed by atoms with Gasteiger partial charge in [0.1, 0.15) is 11.6 Å². The Balaban J connectivity index is 1.47. The molecule has 162 valence electrons. The number of benzene rings is 2. The van der Waals surface area contributed by atoms with Crippen LogP contribution in [0.5, 0.6) is 5.75 Å². The number of imidazole rings is 1. The summed E-state index contributed by atoms with van der Waals surface area (Å²) in [6.45, 7) is 0.367. The number of nitrogens with zero attached hydrogens (tertiary/aromatic N) is 2. The molecular formula is C23H26N4O3S. The Morgan fingerprint density at radius 1 is 1.29 bits per heavy atom. The molecule has 2 amide bonds. The van der Waals surface area contributed by atoms with Crippen molar-refractivity contribution >= 4 is 40.3 Å². The number of amides is 2. The van der Waals surface area contributed by atoms with Crippen molar-refractivity contribution in [3.05, 3.63) is 54.4 Å². The van der Waals surface area contributed by atoms with E-state index in [0.29, 0.717) is 6.54 Å². The number of H-pyrrole nitrogens is 1. The van der Waals surface area contributed by atoms with Crippen LogP contribution in [0.4, 0.5) is 5.69 Å². The summed E-state index contributed by atoms with van der Waals surface area (Å²) in [4.78, 5) is 35.3. The van der Waals surface area contributed by atoms with Gasteiger partial charge in [0.15, 0.2) is 0 Å². The first-order chi connectivity index (χ1) is 15.1. The Morgan fingerprint density at radius 2 is 2.06 bits per heavy atom. The van der Waals surface area contributed by atoms with Gasteiger partial charge >= 0.3 is 0 Å². The zero-order valence-corrected chi connectivity index (χ0v) is 18.4. The van der Waals surface area contributed by atoms with Crippen LogP contribution in [-0.4, -0.2) is 47.4 Å². The van der Waals surface area contributed by atoms with Crippen molar-refractivity contribution in [3.63, 3.8) is 0 Å². The van der Waals surface area contributed by atoms with E-state index in [1.54, 1.807) is 23.8 Å². The monoisotopic (exact) mass is 438 g/mol. The number of methoxy groups -OCH3 is 1. The van der Waals surface area contributed by atoms with E-state index in [1.807, 2.05) is 54.8 Å². The fourth-order valence-electron chi connectivity index (χ4n) is 3.83. The topological polar surface area (TPSA) is 87.3 Å². The first-order valence-electron chi connectivity index (χ1n) is 10.3. The van der Waals surface area contributed by atoms with E-state index in [4.69, 9.17) is 4.74 Å². The zero-order valence-electron chi connectivity index (χ0n) is 17.6. The van der Waals surface area contributed by atoms with Crippen molar-refractivity contribution < 1.29 is 14.3 Å². The van der Waals surface area contributed by atoms with Gasteiger partial charge in [0, 0.05) is 18.7 Å². The first-order valence-corrected chi connectivity index (χ1v) is 11.7. The number of carbonyl (C=O) groups excluding carboxylic acids is 2. The van der Waals surface area contributed by atoms with E-state index in [9.17, 15) is 9.59 Å². The third-order valence-corrected chi connectivity index (χ3v) is 6.19. The smallest absolute Gasteiger partial charge is 0.227 e. The average Bonchev–Trinajstić information content (AvgIpc) is 3.40. The maximum absolute atomic E-state index is 13.1. The number of carbonyl (C=O) groups is 2. The molecule has 4 rings (SSSR count). The molecule has 2 unspecified atom stereocenters. The molecule has 0 aliphatic carbocycles. The second kappa shape index (κ2) is 9.43. The molecule has 0 bridgehead atoms. The van der Waals surface area contributed by atoms with Crippen LogP contribution in [-0.2, 0) is 9.59 Å². The highest BCUT2D eigenvalue weighted by Crippen LogP contribution is 2.28. The predicted octanol–water partition coefficient (Wildman–Crippen LogP) is 3.54. The highest BCUT2D eigenvalue weighted by atomic mass is 32.2. The summed E-state index contributed by atoms with van der Waals surface area (Å²) in [5.41, 5.74) is 2.60. The van der Waals surface area contributed by atoms with Gasteiger partial charge in [-0.25, -0.2) is 4.98 Å². The molecular weight excluding hydrogens is 412 g/mol. The van der Waals surface area contributed by atoms with E-state index >= 15 is 0 Å². The summed E-state index contributed by atoms with van der Waals surface area (Å²) in [7, 11) is 1.60. The standard InChI is InChI=1S/C23H26N4O3S/c1-30-17-9-7-16(8-10-17)27-14-15(13-21(27)28)23(29)26-20(11-12-31-2)22-24-18-5-3-4-6-19(18)25-22/h3-10,15,20H,11-14H2,1-2H3,(H,24,25)(H,26,29). The molecule has 7 nitrogen and oxygen atoms in total. The Bertz CT molecular complexity index is 1030. The Morgan fingerprint density at radius 3 is 2.77 bits per heavy atom. The fraction of sp³-hybridized carbons (Fsp3) is 0.348. The normalized spacial score (nSPS) is 17.2. The lowest BCUT2D eigenvalue weighted by Crippen LogP contribution is -2.36. The van der Waals surface area contributed by atoms with Crippen LogP contribution in [0.1, 0.15) is 24.7 Å². The average molecular weight is 439 g/mol. The van der Waals surface area contributed by atoms with Crippen LogP contribution in [0.15, 0.2) is 48.5 Å². The van der Waals surface area contributed by atoms with Crippen LogP contribution in [0, 0.1) is 5.92 Å². The molecule has 1 fully saturated rings. The number of aromatic nitrogens is 2. The number of aromatic amines is 1. The van der Waals surface area contributed by atoms with E-state index in [1.165, 1.54) is 0 Å². The number of hydrogen-bond acceptors (Lipinski definition) is 5. The third-order valence-electron chi connectivity index (χ3n) is 5.54. The summed E-state index contributed by atoms with van der Waals surface area (Å²) in [5.74, 6) is 1.82. The molecule has 8 heteroatoms. The molecule has 2 atom stereocenters. The van der Waals surface area contributed by atoms with Crippen LogP contribution < -0.4 is 15.0 Å². The van der Waals surface area contributed by atoms with Crippen LogP contribution in [0.2, 0.25) is 0 Å². The second-order valence-corrected chi connectivity index (χ2v) is 8.57. The summed E-state index contributed by atoms with van der Waals surface area (Å²) in [6, 6.07) is 14.9. The lowest BCUT2D eigenvalue weighted by Gasteiger charge is -2.20. The number of rotatable bonds is 8. The minimum atomic E-state index is -0.393. The molecule has 0 spiro atoms. The second-order valence-electron chi connectivity index (χ2n) is 7.59. The van der Waals surface area contributed by atoms with E-state index in [0.717, 1.165) is 40.5 Å². The predicted molar refractivity (Wildman–Crippen MR) is 123 cm³/mol. The van der Waals surface area contributed by atoms with Crippen molar-refractivity contribution in [1.29, 1.82) is 0 Å². The number of nitrogens with one attached hydrogen (secondary N) is 2. The summed E-state index contributed by atoms with van der Waals surface area (Å²) in [5, 5.41) is 3.14. The molecule has 1 saturated heterocycles. The van der Waals surface area contributed by atoms with Crippen molar-refractivity contribution in [1.82, 2.24) is 15.3 Å². The Hall–Kier alpha value is -3.00. The van der Waals surface area contributed by atoms with Gasteiger partial charge in [-0.1, -0.05) is 12.1 Å². The van der Waals surface area contributed by atoms with Gasteiger partial charge in [0.25, 0.3) is 0 Å². The first kappa shape index (κ1) is 21.2. The molecule has 1 aliphatic rings. The molecule has 0 radical (unpaired) electrons. The summed E-state index contributed by atoms with van der Waals surface area (Å²) >= 11 is 1.73. The van der Waals surface area contributed by atoms with E-state index in [-0.39, 0.29) is 24.3 Å². The van der Waals surface area contributed by atoms with Crippen LogP contribution in [0.3, 0.4) is 0 Å². The largest absolute Gasteiger partial charge is 0.497 e. The van der Waals surface area contributed by atoms with Crippen molar-refractivity contribution in [2.45, 2.75) is 18.9 Å². The molecule has 0 saturated carbocycles. The van der Waals surface area contributed by atoms with E-state index in [2.05, 4.69) is 15.3 Å². The van der Waals surface area contributed by atoms with Gasteiger partial charge in [0.2, 0.25) is 11.8 Å². The molecule has 2 aromatic carbocycles.